The van der Waals surface area contributed by atoms with Crippen molar-refractivity contribution in [3.8, 4) is 0 Å². The zero-order chi connectivity index (χ0) is 9.14. The molecule has 0 radical (unpaired) electrons. The number of aryl methyl sites for hydroxylation is 1. The van der Waals surface area contributed by atoms with Gasteiger partial charge in [0.25, 0.3) is 0 Å². The zero-order valence-corrected chi connectivity index (χ0v) is 6.90. The minimum Gasteiger partial charge on any atom is -0.368 e. The lowest BCUT2D eigenvalue weighted by Crippen LogP contribution is -2.38. The maximum Gasteiger partial charge on any atom is 0.234 e. The van der Waals surface area contributed by atoms with E-state index in [-0.39, 0.29) is 0 Å². The number of hydrogen-bond donors (Lipinski definition) is 2. The Kier molecular flexibility index (Phi) is 2.44. The summed E-state index contributed by atoms with van der Waals surface area (Å²) in [6, 6.07) is -0.639. The number of carbonyl (C=O) groups excluding carboxylic acids is 1. The number of nitrogens with two attached hydrogens (primary N) is 2. The highest BCUT2D eigenvalue weighted by molar-refractivity contribution is 5.79. The summed E-state index contributed by atoms with van der Waals surface area (Å²) >= 11 is 0. The van der Waals surface area contributed by atoms with Crippen LogP contribution in [-0.2, 0) is 18.3 Å². The fraction of sp³-hybridized carbons (Fsp3) is 0.429. The van der Waals surface area contributed by atoms with Crippen molar-refractivity contribution >= 4 is 5.91 Å². The van der Waals surface area contributed by atoms with Crippen LogP contribution in [0.5, 0.6) is 0 Å². The molecular formula is C7H12N4O. The molecular weight excluding hydrogens is 156 g/mol. The van der Waals surface area contributed by atoms with Gasteiger partial charge in [0.1, 0.15) is 0 Å². The molecule has 66 valence electrons. The van der Waals surface area contributed by atoms with Crippen LogP contribution in [0.2, 0.25) is 0 Å². The van der Waals surface area contributed by atoms with Gasteiger partial charge in [-0.3, -0.25) is 4.79 Å². The molecule has 1 aromatic rings. The first-order valence-electron chi connectivity index (χ1n) is 3.61. The minimum absolute atomic E-state index is 0.399. The quantitative estimate of drug-likeness (QED) is 0.592. The van der Waals surface area contributed by atoms with Crippen LogP contribution >= 0.6 is 0 Å². The van der Waals surface area contributed by atoms with Crippen LogP contribution in [-0.4, -0.2) is 21.5 Å². The molecule has 1 unspecified atom stereocenters. The third-order valence-electron chi connectivity index (χ3n) is 1.55. The second kappa shape index (κ2) is 3.36. The van der Waals surface area contributed by atoms with Gasteiger partial charge in [-0.05, 0) is 0 Å². The topological polar surface area (TPSA) is 86.9 Å². The van der Waals surface area contributed by atoms with Gasteiger partial charge in [0.2, 0.25) is 5.91 Å². The number of rotatable bonds is 3. The van der Waals surface area contributed by atoms with Crippen LogP contribution in [0, 0.1) is 0 Å². The van der Waals surface area contributed by atoms with E-state index in [2.05, 4.69) is 4.98 Å². The number of nitrogens with zero attached hydrogens (tertiary/aromatic N) is 2. The predicted molar refractivity (Wildman–Crippen MR) is 44.1 cm³/mol. The summed E-state index contributed by atoms with van der Waals surface area (Å²) in [5, 5.41) is 0. The van der Waals surface area contributed by atoms with Gasteiger partial charge in [0.15, 0.2) is 0 Å². The van der Waals surface area contributed by atoms with E-state index in [0.29, 0.717) is 6.42 Å². The highest BCUT2D eigenvalue weighted by atomic mass is 16.1. The summed E-state index contributed by atoms with van der Waals surface area (Å²) in [5.41, 5.74) is 11.2. The third kappa shape index (κ3) is 2.06. The number of carbonyl (C=O) groups is 1. The molecule has 1 rings (SSSR count). The Bertz CT molecular complexity index is 281. The van der Waals surface area contributed by atoms with Gasteiger partial charge in [-0.15, -0.1) is 0 Å². The van der Waals surface area contributed by atoms with Crippen molar-refractivity contribution in [2.75, 3.05) is 0 Å². The van der Waals surface area contributed by atoms with Gasteiger partial charge >= 0.3 is 0 Å². The second-order valence-electron chi connectivity index (χ2n) is 2.74. The lowest BCUT2D eigenvalue weighted by Gasteiger charge is -2.02. The van der Waals surface area contributed by atoms with Crippen molar-refractivity contribution in [1.29, 1.82) is 0 Å². The van der Waals surface area contributed by atoms with E-state index in [1.165, 1.54) is 0 Å². The normalized spacial score (nSPS) is 12.8. The van der Waals surface area contributed by atoms with E-state index >= 15 is 0 Å². The highest BCUT2D eigenvalue weighted by Crippen LogP contribution is 1.97. The number of primary amides is 1. The number of amides is 1. The number of hydrogen-bond acceptors (Lipinski definition) is 3. The first-order valence-corrected chi connectivity index (χ1v) is 3.61. The summed E-state index contributed by atoms with van der Waals surface area (Å²) in [5.74, 6) is -0.499. The summed E-state index contributed by atoms with van der Waals surface area (Å²) in [6.07, 6.45) is 3.86. The van der Waals surface area contributed by atoms with Crippen LogP contribution in [0.3, 0.4) is 0 Å². The fourth-order valence-corrected chi connectivity index (χ4v) is 0.898. The lowest BCUT2D eigenvalue weighted by molar-refractivity contribution is -0.119. The third-order valence-corrected chi connectivity index (χ3v) is 1.55. The maximum atomic E-state index is 10.6. The second-order valence-corrected chi connectivity index (χ2v) is 2.74. The summed E-state index contributed by atoms with van der Waals surface area (Å²) < 4.78 is 1.79. The van der Waals surface area contributed by atoms with Crippen molar-refractivity contribution < 1.29 is 4.79 Å². The molecule has 5 nitrogen and oxygen atoms in total. The van der Waals surface area contributed by atoms with Crippen LogP contribution in [0.1, 0.15) is 5.69 Å². The molecule has 1 heterocycles. The van der Waals surface area contributed by atoms with Crippen molar-refractivity contribution in [2.24, 2.45) is 18.5 Å². The smallest absolute Gasteiger partial charge is 0.234 e. The Morgan fingerprint density at radius 2 is 2.50 bits per heavy atom. The van der Waals surface area contributed by atoms with Gasteiger partial charge in [0, 0.05) is 19.7 Å². The molecule has 0 aliphatic rings. The van der Waals surface area contributed by atoms with E-state index in [0.717, 1.165) is 5.69 Å². The Balaban J connectivity index is 2.58. The SMILES string of the molecule is Cn1cnc(CC(N)C(N)=O)c1. The molecule has 5 heteroatoms. The number of aromatic nitrogens is 2. The van der Waals surface area contributed by atoms with Gasteiger partial charge in [-0.1, -0.05) is 0 Å². The van der Waals surface area contributed by atoms with Gasteiger partial charge < -0.3 is 16.0 Å². The predicted octanol–water partition coefficient (Wildman–Crippen LogP) is -1.22. The van der Waals surface area contributed by atoms with E-state index in [1.54, 1.807) is 10.9 Å². The maximum absolute atomic E-state index is 10.6. The Morgan fingerprint density at radius 1 is 1.83 bits per heavy atom. The average molecular weight is 168 g/mol. The van der Waals surface area contributed by atoms with E-state index in [9.17, 15) is 4.79 Å². The van der Waals surface area contributed by atoms with Gasteiger partial charge in [-0.25, -0.2) is 4.98 Å². The van der Waals surface area contributed by atoms with Crippen LogP contribution in [0.15, 0.2) is 12.5 Å². The monoisotopic (exact) mass is 168 g/mol. The summed E-state index contributed by atoms with van der Waals surface area (Å²) in [6.45, 7) is 0. The molecule has 1 aromatic heterocycles. The first kappa shape index (κ1) is 8.73. The molecule has 0 fully saturated rings. The molecule has 1 amide bonds. The van der Waals surface area contributed by atoms with Gasteiger partial charge in [0.05, 0.1) is 18.1 Å². The molecule has 12 heavy (non-hydrogen) atoms. The summed E-state index contributed by atoms with van der Waals surface area (Å²) in [4.78, 5) is 14.6. The van der Waals surface area contributed by atoms with E-state index in [4.69, 9.17) is 11.5 Å². The van der Waals surface area contributed by atoms with E-state index < -0.39 is 11.9 Å². The van der Waals surface area contributed by atoms with E-state index in [1.807, 2.05) is 13.2 Å². The molecule has 4 N–H and O–H groups in total. The van der Waals surface area contributed by atoms with Crippen molar-refractivity contribution in [1.82, 2.24) is 9.55 Å². The Morgan fingerprint density at radius 3 is 2.92 bits per heavy atom. The highest BCUT2D eigenvalue weighted by Gasteiger charge is 2.10. The summed E-state index contributed by atoms with van der Waals surface area (Å²) in [7, 11) is 1.85. The standard InChI is InChI=1S/C7H12N4O/c1-11-3-5(10-4-11)2-6(8)7(9)12/h3-4,6H,2,8H2,1H3,(H2,9,12). The molecule has 1 atom stereocenters. The largest absolute Gasteiger partial charge is 0.368 e. The lowest BCUT2D eigenvalue weighted by atomic mass is 10.2. The van der Waals surface area contributed by atoms with Crippen LogP contribution < -0.4 is 11.5 Å². The van der Waals surface area contributed by atoms with Crippen molar-refractivity contribution in [2.45, 2.75) is 12.5 Å². The van der Waals surface area contributed by atoms with Crippen LogP contribution in [0.25, 0.3) is 0 Å². The molecule has 0 spiro atoms. The minimum atomic E-state index is -0.639. The molecule has 0 aromatic carbocycles. The first-order chi connectivity index (χ1) is 5.59. The average Bonchev–Trinajstić information content (AvgIpc) is 2.35. The van der Waals surface area contributed by atoms with Crippen molar-refractivity contribution in [3.05, 3.63) is 18.2 Å². The number of imidazole rings is 1. The fourth-order valence-electron chi connectivity index (χ4n) is 0.898. The Labute approximate surface area is 70.4 Å². The van der Waals surface area contributed by atoms with Gasteiger partial charge in [-0.2, -0.15) is 0 Å². The molecule has 0 saturated carbocycles. The van der Waals surface area contributed by atoms with Crippen molar-refractivity contribution in [3.63, 3.8) is 0 Å². The molecule has 0 saturated heterocycles. The zero-order valence-electron chi connectivity index (χ0n) is 6.90. The van der Waals surface area contributed by atoms with Crippen LogP contribution in [0.4, 0.5) is 0 Å². The Hall–Kier alpha value is -1.36. The molecule has 0 aliphatic heterocycles. The molecule has 0 bridgehead atoms. The molecule has 0 aliphatic carbocycles.